The van der Waals surface area contributed by atoms with Crippen LogP contribution in [-0.2, 0) is 0 Å². The number of likely N-dealkylation sites (N-methyl/N-ethyl adjacent to an activating group) is 1. The molecule has 0 radical (unpaired) electrons. The second-order valence-electron chi connectivity index (χ2n) is 4.41. The van der Waals surface area contributed by atoms with Crippen molar-refractivity contribution in [3.05, 3.63) is 24.0 Å². The van der Waals surface area contributed by atoms with E-state index in [2.05, 4.69) is 29.1 Å². The van der Waals surface area contributed by atoms with E-state index >= 15 is 0 Å². The van der Waals surface area contributed by atoms with Crippen molar-refractivity contribution in [2.24, 2.45) is 11.7 Å². The molecule has 0 saturated heterocycles. The van der Waals surface area contributed by atoms with Gasteiger partial charge in [0.1, 0.15) is 0 Å². The summed E-state index contributed by atoms with van der Waals surface area (Å²) in [6, 6.07) is 4.66. The van der Waals surface area contributed by atoms with Gasteiger partial charge in [-0.15, -0.1) is 0 Å². The molecule has 1 saturated carbocycles. The predicted octanol–water partition coefficient (Wildman–Crippen LogP) is 1.56. The van der Waals surface area contributed by atoms with Gasteiger partial charge in [0.25, 0.3) is 0 Å². The van der Waals surface area contributed by atoms with E-state index < -0.39 is 0 Å². The van der Waals surface area contributed by atoms with Crippen molar-refractivity contribution in [3.8, 4) is 0 Å². The van der Waals surface area contributed by atoms with Crippen molar-refractivity contribution in [1.82, 2.24) is 4.98 Å². The Morgan fingerprint density at radius 1 is 1.60 bits per heavy atom. The van der Waals surface area contributed by atoms with Gasteiger partial charge in [0.05, 0.1) is 0 Å². The van der Waals surface area contributed by atoms with Crippen LogP contribution >= 0.6 is 0 Å². The molecular formula is C12H19N3. The normalized spacial score (nSPS) is 17.5. The monoisotopic (exact) mass is 205 g/mol. The summed E-state index contributed by atoms with van der Waals surface area (Å²) >= 11 is 0. The topological polar surface area (TPSA) is 42.1 Å². The standard InChI is InChI=1S/C12H19N3/c1-9-7-11(5-6-14-9)15(2)12(8-13)10-3-4-10/h5-7,10,12H,3-4,8,13H2,1-2H3. The van der Waals surface area contributed by atoms with E-state index in [-0.39, 0.29) is 0 Å². The molecule has 1 aromatic rings. The highest BCUT2D eigenvalue weighted by atomic mass is 15.2. The fourth-order valence-corrected chi connectivity index (χ4v) is 2.09. The third-order valence-corrected chi connectivity index (χ3v) is 3.19. The van der Waals surface area contributed by atoms with Gasteiger partial charge in [0.15, 0.2) is 0 Å². The van der Waals surface area contributed by atoms with E-state index in [1.807, 2.05) is 13.1 Å². The molecule has 1 unspecified atom stereocenters. The van der Waals surface area contributed by atoms with Crippen LogP contribution in [0, 0.1) is 12.8 Å². The Hall–Kier alpha value is -1.09. The predicted molar refractivity (Wildman–Crippen MR) is 62.9 cm³/mol. The first kappa shape index (κ1) is 10.4. The zero-order valence-electron chi connectivity index (χ0n) is 9.48. The summed E-state index contributed by atoms with van der Waals surface area (Å²) in [6.45, 7) is 2.76. The Balaban J connectivity index is 2.14. The number of pyridine rings is 1. The van der Waals surface area contributed by atoms with Crippen molar-refractivity contribution in [1.29, 1.82) is 0 Å². The summed E-state index contributed by atoms with van der Waals surface area (Å²) in [7, 11) is 2.13. The number of nitrogens with zero attached hydrogens (tertiary/aromatic N) is 2. The van der Waals surface area contributed by atoms with Crippen LogP contribution in [0.25, 0.3) is 0 Å². The lowest BCUT2D eigenvalue weighted by molar-refractivity contribution is 0.570. The molecule has 15 heavy (non-hydrogen) atoms. The Morgan fingerprint density at radius 2 is 2.33 bits per heavy atom. The van der Waals surface area contributed by atoms with Gasteiger partial charge in [-0.1, -0.05) is 0 Å². The lowest BCUT2D eigenvalue weighted by atomic mass is 10.1. The summed E-state index contributed by atoms with van der Waals surface area (Å²) in [4.78, 5) is 6.51. The molecule has 3 nitrogen and oxygen atoms in total. The van der Waals surface area contributed by atoms with Crippen LogP contribution in [-0.4, -0.2) is 24.6 Å². The van der Waals surface area contributed by atoms with Gasteiger partial charge in [-0.3, -0.25) is 4.98 Å². The molecule has 1 heterocycles. The van der Waals surface area contributed by atoms with Gasteiger partial charge >= 0.3 is 0 Å². The average molecular weight is 205 g/mol. The lowest BCUT2D eigenvalue weighted by Crippen LogP contribution is -2.39. The Labute approximate surface area is 91.3 Å². The van der Waals surface area contributed by atoms with E-state index in [9.17, 15) is 0 Å². The van der Waals surface area contributed by atoms with Crippen LogP contribution in [0.3, 0.4) is 0 Å². The lowest BCUT2D eigenvalue weighted by Gasteiger charge is -2.29. The number of rotatable bonds is 4. The Morgan fingerprint density at radius 3 is 2.87 bits per heavy atom. The first-order valence-corrected chi connectivity index (χ1v) is 5.58. The van der Waals surface area contributed by atoms with Gasteiger partial charge < -0.3 is 10.6 Å². The van der Waals surface area contributed by atoms with Gasteiger partial charge in [-0.25, -0.2) is 0 Å². The molecule has 2 rings (SSSR count). The molecule has 0 spiro atoms. The van der Waals surface area contributed by atoms with Crippen molar-refractivity contribution >= 4 is 5.69 Å². The first-order valence-electron chi connectivity index (χ1n) is 5.58. The molecule has 0 aliphatic heterocycles. The SMILES string of the molecule is Cc1cc(N(C)C(CN)C2CC2)ccn1. The molecular weight excluding hydrogens is 186 g/mol. The second kappa shape index (κ2) is 4.19. The number of hydrogen-bond acceptors (Lipinski definition) is 3. The summed E-state index contributed by atoms with van der Waals surface area (Å²) < 4.78 is 0. The summed E-state index contributed by atoms with van der Waals surface area (Å²) in [5.74, 6) is 0.800. The molecule has 0 bridgehead atoms. The van der Waals surface area contributed by atoms with Crippen LogP contribution in [0.4, 0.5) is 5.69 Å². The fourth-order valence-electron chi connectivity index (χ4n) is 2.09. The molecule has 3 heteroatoms. The molecule has 1 aliphatic rings. The fraction of sp³-hybridized carbons (Fsp3) is 0.583. The molecule has 1 aromatic heterocycles. The van der Waals surface area contributed by atoms with Crippen LogP contribution in [0.1, 0.15) is 18.5 Å². The maximum atomic E-state index is 5.83. The summed E-state index contributed by atoms with van der Waals surface area (Å²) in [5, 5.41) is 0. The van der Waals surface area contributed by atoms with Gasteiger partial charge in [-0.05, 0) is 37.8 Å². The van der Waals surface area contributed by atoms with Gasteiger partial charge in [0.2, 0.25) is 0 Å². The maximum Gasteiger partial charge on any atom is 0.0437 e. The van der Waals surface area contributed by atoms with Gasteiger partial charge in [-0.2, -0.15) is 0 Å². The third kappa shape index (κ3) is 2.29. The number of anilines is 1. The summed E-state index contributed by atoms with van der Waals surface area (Å²) in [5.41, 5.74) is 8.12. The molecule has 1 fully saturated rings. The minimum absolute atomic E-state index is 0.492. The number of hydrogen-bond donors (Lipinski definition) is 1. The molecule has 0 amide bonds. The smallest absolute Gasteiger partial charge is 0.0437 e. The van der Waals surface area contributed by atoms with Crippen LogP contribution < -0.4 is 10.6 Å². The molecule has 1 aliphatic carbocycles. The van der Waals surface area contributed by atoms with E-state index in [0.717, 1.165) is 18.2 Å². The van der Waals surface area contributed by atoms with E-state index in [4.69, 9.17) is 5.73 Å². The average Bonchev–Trinajstić information content (AvgIpc) is 3.03. The van der Waals surface area contributed by atoms with E-state index in [0.29, 0.717) is 6.04 Å². The number of aryl methyl sites for hydroxylation is 1. The van der Waals surface area contributed by atoms with E-state index in [1.54, 1.807) is 0 Å². The minimum atomic E-state index is 0.492. The maximum absolute atomic E-state index is 5.83. The highest BCUT2D eigenvalue weighted by Crippen LogP contribution is 2.35. The van der Waals surface area contributed by atoms with Crippen LogP contribution in [0.5, 0.6) is 0 Å². The number of aromatic nitrogens is 1. The Bertz CT molecular complexity index is 333. The van der Waals surface area contributed by atoms with Gasteiger partial charge in [0, 0.05) is 37.2 Å². The van der Waals surface area contributed by atoms with E-state index in [1.165, 1.54) is 18.5 Å². The second-order valence-corrected chi connectivity index (χ2v) is 4.41. The van der Waals surface area contributed by atoms with Crippen molar-refractivity contribution in [2.45, 2.75) is 25.8 Å². The first-order chi connectivity index (χ1) is 7.22. The molecule has 2 N–H and O–H groups in total. The van der Waals surface area contributed by atoms with Crippen LogP contribution in [0.2, 0.25) is 0 Å². The highest BCUT2D eigenvalue weighted by molar-refractivity contribution is 5.47. The molecule has 1 atom stereocenters. The largest absolute Gasteiger partial charge is 0.370 e. The zero-order valence-corrected chi connectivity index (χ0v) is 9.48. The summed E-state index contributed by atoms with van der Waals surface area (Å²) in [6.07, 6.45) is 4.52. The number of nitrogens with two attached hydrogens (primary N) is 1. The van der Waals surface area contributed by atoms with Crippen molar-refractivity contribution in [2.75, 3.05) is 18.5 Å². The molecule has 0 aromatic carbocycles. The van der Waals surface area contributed by atoms with Crippen molar-refractivity contribution < 1.29 is 0 Å². The quantitative estimate of drug-likeness (QED) is 0.811. The highest BCUT2D eigenvalue weighted by Gasteiger charge is 2.32. The van der Waals surface area contributed by atoms with Crippen molar-refractivity contribution in [3.63, 3.8) is 0 Å². The molecule has 82 valence electrons. The Kier molecular flexibility index (Phi) is 2.91. The van der Waals surface area contributed by atoms with Crippen LogP contribution in [0.15, 0.2) is 18.3 Å². The minimum Gasteiger partial charge on any atom is -0.370 e. The third-order valence-electron chi connectivity index (χ3n) is 3.19. The zero-order chi connectivity index (χ0) is 10.8.